The van der Waals surface area contributed by atoms with Crippen LogP contribution in [0.1, 0.15) is 45.1 Å². The van der Waals surface area contributed by atoms with E-state index >= 15 is 0 Å². The number of carboxylic acid groups (broad SMARTS) is 1. The zero-order valence-electron chi connectivity index (χ0n) is 12.7. The van der Waals surface area contributed by atoms with Crippen LogP contribution in [0.2, 0.25) is 0 Å². The van der Waals surface area contributed by atoms with Gasteiger partial charge in [0.25, 0.3) is 0 Å². The summed E-state index contributed by atoms with van der Waals surface area (Å²) in [5.41, 5.74) is 6.01. The molecule has 1 aromatic carbocycles. The Hall–Kier alpha value is -1.88. The molecule has 0 radical (unpaired) electrons. The quantitative estimate of drug-likeness (QED) is 0.785. The summed E-state index contributed by atoms with van der Waals surface area (Å²) in [6, 6.07) is 8.56. The van der Waals surface area contributed by atoms with Gasteiger partial charge in [0.2, 0.25) is 0 Å². The molecule has 0 aromatic heterocycles. The minimum absolute atomic E-state index is 0.174. The topological polar surface area (TPSA) is 89.6 Å². The first kappa shape index (κ1) is 17.2. The summed E-state index contributed by atoms with van der Waals surface area (Å²) in [6.07, 6.45) is 0.0668. The van der Waals surface area contributed by atoms with Crippen LogP contribution in [0.4, 0.5) is 0 Å². The largest absolute Gasteiger partial charge is 0.481 e. The highest BCUT2D eigenvalue weighted by molar-refractivity contribution is 5.78. The molecule has 0 saturated carbocycles. The van der Waals surface area contributed by atoms with Gasteiger partial charge in [0.05, 0.1) is 12.3 Å². The van der Waals surface area contributed by atoms with Crippen LogP contribution in [-0.2, 0) is 14.3 Å². The third-order valence-electron chi connectivity index (χ3n) is 2.87. The van der Waals surface area contributed by atoms with Crippen molar-refractivity contribution in [2.24, 2.45) is 5.73 Å². The molecule has 2 atom stereocenters. The van der Waals surface area contributed by atoms with E-state index in [-0.39, 0.29) is 18.8 Å². The van der Waals surface area contributed by atoms with Crippen LogP contribution in [0.25, 0.3) is 0 Å². The number of aliphatic carboxylic acids is 1. The molecule has 0 heterocycles. The van der Waals surface area contributed by atoms with Gasteiger partial charge in [-0.25, -0.2) is 0 Å². The number of esters is 1. The Morgan fingerprint density at radius 2 is 1.81 bits per heavy atom. The van der Waals surface area contributed by atoms with E-state index in [4.69, 9.17) is 15.6 Å². The third kappa shape index (κ3) is 6.40. The third-order valence-corrected chi connectivity index (χ3v) is 2.87. The Morgan fingerprint density at radius 1 is 1.24 bits per heavy atom. The Labute approximate surface area is 125 Å². The molecule has 0 aliphatic carbocycles. The van der Waals surface area contributed by atoms with E-state index in [0.29, 0.717) is 0 Å². The highest BCUT2D eigenvalue weighted by Crippen LogP contribution is 2.25. The Kier molecular flexibility index (Phi) is 5.90. The van der Waals surface area contributed by atoms with Crippen molar-refractivity contribution in [2.75, 3.05) is 0 Å². The number of ether oxygens (including phenoxy) is 1. The van der Waals surface area contributed by atoms with Crippen LogP contribution in [0.5, 0.6) is 0 Å². The maximum absolute atomic E-state index is 12.4. The van der Waals surface area contributed by atoms with Crippen molar-refractivity contribution in [3.63, 3.8) is 0 Å². The van der Waals surface area contributed by atoms with Crippen molar-refractivity contribution < 1.29 is 19.4 Å². The van der Waals surface area contributed by atoms with Gasteiger partial charge in [-0.15, -0.1) is 0 Å². The molecular formula is C16H23NO4. The first-order chi connectivity index (χ1) is 9.69. The van der Waals surface area contributed by atoms with Crippen molar-refractivity contribution in [1.82, 2.24) is 0 Å². The van der Waals surface area contributed by atoms with E-state index < -0.39 is 23.5 Å². The number of benzene rings is 1. The fourth-order valence-corrected chi connectivity index (χ4v) is 2.04. The molecule has 0 aliphatic rings. The van der Waals surface area contributed by atoms with Gasteiger partial charge in [-0.2, -0.15) is 0 Å². The van der Waals surface area contributed by atoms with Gasteiger partial charge >= 0.3 is 11.9 Å². The lowest BCUT2D eigenvalue weighted by atomic mass is 9.91. The summed E-state index contributed by atoms with van der Waals surface area (Å²) in [5, 5.41) is 8.80. The maximum Gasteiger partial charge on any atom is 0.313 e. The Bertz CT molecular complexity index is 479. The summed E-state index contributed by atoms with van der Waals surface area (Å²) in [4.78, 5) is 23.1. The van der Waals surface area contributed by atoms with Crippen LogP contribution in [0.15, 0.2) is 30.3 Å². The highest BCUT2D eigenvalue weighted by atomic mass is 16.6. The summed E-state index contributed by atoms with van der Waals surface area (Å²) in [7, 11) is 0. The number of carboxylic acids is 1. The van der Waals surface area contributed by atoms with Crippen LogP contribution in [0.3, 0.4) is 0 Å². The van der Waals surface area contributed by atoms with Gasteiger partial charge < -0.3 is 15.6 Å². The van der Waals surface area contributed by atoms with Crippen LogP contribution >= 0.6 is 0 Å². The van der Waals surface area contributed by atoms with Gasteiger partial charge in [0.1, 0.15) is 5.60 Å². The minimum atomic E-state index is -0.974. The van der Waals surface area contributed by atoms with Crippen LogP contribution in [-0.4, -0.2) is 28.7 Å². The molecule has 0 fully saturated rings. The molecule has 0 aliphatic heterocycles. The number of nitrogens with two attached hydrogens (primary N) is 1. The van der Waals surface area contributed by atoms with Gasteiger partial charge in [-0.05, 0) is 32.8 Å². The molecule has 1 rings (SSSR count). The zero-order valence-corrected chi connectivity index (χ0v) is 12.7. The molecule has 21 heavy (non-hydrogen) atoms. The van der Waals surface area contributed by atoms with E-state index in [1.165, 1.54) is 0 Å². The Balaban J connectivity index is 2.90. The fourth-order valence-electron chi connectivity index (χ4n) is 2.04. The van der Waals surface area contributed by atoms with Gasteiger partial charge in [-0.3, -0.25) is 9.59 Å². The zero-order chi connectivity index (χ0) is 16.0. The second kappa shape index (κ2) is 7.22. The van der Waals surface area contributed by atoms with E-state index in [1.807, 2.05) is 30.3 Å². The predicted octanol–water partition coefficient (Wildman–Crippen LogP) is 2.30. The van der Waals surface area contributed by atoms with E-state index in [1.54, 1.807) is 20.8 Å². The summed E-state index contributed by atoms with van der Waals surface area (Å²) in [6.45, 7) is 5.39. The number of hydrogen-bond acceptors (Lipinski definition) is 4. The molecular weight excluding hydrogens is 270 g/mol. The molecule has 0 unspecified atom stereocenters. The van der Waals surface area contributed by atoms with Crippen molar-refractivity contribution in [3.8, 4) is 0 Å². The molecule has 5 nitrogen and oxygen atoms in total. The second-order valence-electron chi connectivity index (χ2n) is 6.09. The van der Waals surface area contributed by atoms with E-state index in [0.717, 1.165) is 5.56 Å². The number of rotatable bonds is 6. The SMILES string of the molecule is CC(C)(C)OC(=O)[C@H](C[C@H](N)CC(=O)O)c1ccccc1. The lowest BCUT2D eigenvalue weighted by molar-refractivity contribution is -0.157. The number of carbonyl (C=O) groups is 2. The second-order valence-corrected chi connectivity index (χ2v) is 6.09. The maximum atomic E-state index is 12.4. The smallest absolute Gasteiger partial charge is 0.313 e. The molecule has 1 aromatic rings. The summed E-state index contributed by atoms with van der Waals surface area (Å²) in [5.74, 6) is -1.91. The van der Waals surface area contributed by atoms with Crippen molar-refractivity contribution in [1.29, 1.82) is 0 Å². The summed E-state index contributed by atoms with van der Waals surface area (Å²) >= 11 is 0. The van der Waals surface area contributed by atoms with Crippen molar-refractivity contribution in [2.45, 2.75) is 51.2 Å². The molecule has 5 heteroatoms. The highest BCUT2D eigenvalue weighted by Gasteiger charge is 2.28. The number of carbonyl (C=O) groups excluding carboxylic acids is 1. The number of hydrogen-bond donors (Lipinski definition) is 2. The van der Waals surface area contributed by atoms with Crippen LogP contribution in [0, 0.1) is 0 Å². The monoisotopic (exact) mass is 293 g/mol. The fraction of sp³-hybridized carbons (Fsp3) is 0.500. The minimum Gasteiger partial charge on any atom is -0.481 e. The molecule has 0 amide bonds. The first-order valence-electron chi connectivity index (χ1n) is 6.94. The van der Waals surface area contributed by atoms with E-state index in [9.17, 15) is 9.59 Å². The average Bonchev–Trinajstić information content (AvgIpc) is 2.34. The standard InChI is InChI=1S/C16H23NO4/c1-16(2,3)21-15(20)13(9-12(17)10-14(18)19)11-7-5-4-6-8-11/h4-8,12-13H,9-10,17H2,1-3H3,(H,18,19)/t12-,13+/m0/s1. The van der Waals surface area contributed by atoms with Gasteiger partial charge in [0.15, 0.2) is 0 Å². The lowest BCUT2D eigenvalue weighted by Gasteiger charge is -2.25. The van der Waals surface area contributed by atoms with Crippen molar-refractivity contribution >= 4 is 11.9 Å². The molecule has 0 spiro atoms. The van der Waals surface area contributed by atoms with Crippen LogP contribution < -0.4 is 5.73 Å². The molecule has 3 N–H and O–H groups in total. The normalized spacial score (nSPS) is 14.3. The predicted molar refractivity (Wildman–Crippen MR) is 79.9 cm³/mol. The van der Waals surface area contributed by atoms with Gasteiger partial charge in [0, 0.05) is 6.04 Å². The Morgan fingerprint density at radius 3 is 2.29 bits per heavy atom. The molecule has 0 bridgehead atoms. The first-order valence-corrected chi connectivity index (χ1v) is 6.94. The lowest BCUT2D eigenvalue weighted by Crippen LogP contribution is -2.32. The summed E-state index contributed by atoms with van der Waals surface area (Å²) < 4.78 is 5.42. The van der Waals surface area contributed by atoms with Crippen molar-refractivity contribution in [3.05, 3.63) is 35.9 Å². The molecule has 116 valence electrons. The van der Waals surface area contributed by atoms with Gasteiger partial charge in [-0.1, -0.05) is 30.3 Å². The van der Waals surface area contributed by atoms with E-state index in [2.05, 4.69) is 0 Å². The molecule has 0 saturated heterocycles. The average molecular weight is 293 g/mol.